The highest BCUT2D eigenvalue weighted by atomic mass is 32.1. The van der Waals surface area contributed by atoms with Crippen molar-refractivity contribution in [2.75, 3.05) is 18.4 Å². The number of rotatable bonds is 6. The molecule has 0 radical (unpaired) electrons. The largest absolute Gasteiger partial charge is 0.480 e. The lowest BCUT2D eigenvalue weighted by molar-refractivity contribution is -0.122. The number of aryl methyl sites for hydroxylation is 1. The molecule has 1 fully saturated rings. The van der Waals surface area contributed by atoms with Gasteiger partial charge in [0, 0.05) is 11.1 Å². The van der Waals surface area contributed by atoms with Crippen LogP contribution in [0.2, 0.25) is 0 Å². The molecule has 1 aliphatic heterocycles. The van der Waals surface area contributed by atoms with Crippen LogP contribution in [0.3, 0.4) is 0 Å². The highest BCUT2D eigenvalue weighted by molar-refractivity contribution is 7.15. The van der Waals surface area contributed by atoms with Crippen LogP contribution in [0.25, 0.3) is 0 Å². The zero-order valence-corrected chi connectivity index (χ0v) is 15.6. The van der Waals surface area contributed by atoms with Crippen LogP contribution >= 0.6 is 11.3 Å². The third-order valence-electron chi connectivity index (χ3n) is 4.52. The lowest BCUT2D eigenvalue weighted by atomic mass is 9.97. The maximum Gasteiger partial charge on any atom is 0.267 e. The first-order valence-corrected chi connectivity index (χ1v) is 9.68. The smallest absolute Gasteiger partial charge is 0.267 e. The van der Waals surface area contributed by atoms with Crippen molar-refractivity contribution in [3.8, 4) is 5.75 Å². The Balaban J connectivity index is 1.62. The average molecular weight is 359 g/mol. The number of carbonyl (C=O) groups is 1. The molecule has 2 aromatic rings. The summed E-state index contributed by atoms with van der Waals surface area (Å²) in [6.07, 6.45) is 4.24. The first-order valence-electron chi connectivity index (χ1n) is 8.87. The Hall–Kier alpha value is -1.92. The summed E-state index contributed by atoms with van der Waals surface area (Å²) in [6, 6.07) is 7.75. The van der Waals surface area contributed by atoms with E-state index in [0.717, 1.165) is 37.2 Å². The van der Waals surface area contributed by atoms with Crippen LogP contribution in [0.15, 0.2) is 30.5 Å². The van der Waals surface area contributed by atoms with Crippen LogP contribution in [0, 0.1) is 6.92 Å². The van der Waals surface area contributed by atoms with E-state index in [4.69, 9.17) is 4.74 Å². The molecule has 6 heteroatoms. The van der Waals surface area contributed by atoms with E-state index in [1.165, 1.54) is 4.88 Å². The van der Waals surface area contributed by atoms with Crippen molar-refractivity contribution in [1.29, 1.82) is 0 Å². The van der Waals surface area contributed by atoms with Gasteiger partial charge in [0.2, 0.25) is 0 Å². The summed E-state index contributed by atoms with van der Waals surface area (Å²) in [5, 5.41) is 6.95. The van der Waals surface area contributed by atoms with Crippen LogP contribution in [0.5, 0.6) is 5.75 Å². The van der Waals surface area contributed by atoms with Gasteiger partial charge in [0.1, 0.15) is 5.75 Å². The highest BCUT2D eigenvalue weighted by Crippen LogP contribution is 2.31. The minimum atomic E-state index is -0.521. The monoisotopic (exact) mass is 359 g/mol. The molecule has 3 rings (SSSR count). The molecule has 1 amide bonds. The van der Waals surface area contributed by atoms with E-state index in [9.17, 15) is 4.79 Å². The molecule has 0 spiro atoms. The Morgan fingerprint density at radius 3 is 2.88 bits per heavy atom. The number of hydrogen-bond acceptors (Lipinski definition) is 5. The van der Waals surface area contributed by atoms with Crippen LogP contribution in [-0.2, 0) is 4.79 Å². The van der Waals surface area contributed by atoms with Gasteiger partial charge in [-0.2, -0.15) is 0 Å². The fraction of sp³-hybridized carbons (Fsp3) is 0.474. The quantitative estimate of drug-likeness (QED) is 0.825. The van der Waals surface area contributed by atoms with Gasteiger partial charge in [-0.25, -0.2) is 4.98 Å². The van der Waals surface area contributed by atoms with Gasteiger partial charge >= 0.3 is 0 Å². The molecule has 0 saturated carbocycles. The van der Waals surface area contributed by atoms with Gasteiger partial charge in [-0.05, 0) is 56.8 Å². The molecule has 1 aliphatic rings. The van der Waals surface area contributed by atoms with Crippen molar-refractivity contribution < 1.29 is 9.53 Å². The van der Waals surface area contributed by atoms with Crippen molar-refractivity contribution in [1.82, 2.24) is 10.3 Å². The normalized spacial score (nSPS) is 16.4. The number of nitrogens with one attached hydrogen (secondary N) is 2. The van der Waals surface area contributed by atoms with Gasteiger partial charge in [0.15, 0.2) is 11.2 Å². The summed E-state index contributed by atoms with van der Waals surface area (Å²) in [5.41, 5.74) is 1.02. The molecule has 1 aromatic carbocycles. The van der Waals surface area contributed by atoms with E-state index in [1.54, 1.807) is 11.3 Å². The van der Waals surface area contributed by atoms with Crippen molar-refractivity contribution in [3.05, 3.63) is 40.9 Å². The second-order valence-electron chi connectivity index (χ2n) is 6.36. The predicted octanol–water partition coefficient (Wildman–Crippen LogP) is 3.71. The van der Waals surface area contributed by atoms with Crippen LogP contribution in [-0.4, -0.2) is 30.1 Å². The van der Waals surface area contributed by atoms with Crippen molar-refractivity contribution in [2.24, 2.45) is 0 Å². The highest BCUT2D eigenvalue weighted by Gasteiger charge is 2.22. The number of nitrogens with zero attached hydrogens (tertiary/aromatic N) is 1. The SMILES string of the molecule is CCC(Oc1ccccc1C)C(=O)Nc1ncc(C2CCNCC2)s1. The maximum atomic E-state index is 12.6. The van der Waals surface area contributed by atoms with Crippen LogP contribution in [0.1, 0.15) is 42.5 Å². The van der Waals surface area contributed by atoms with Gasteiger partial charge < -0.3 is 10.1 Å². The Morgan fingerprint density at radius 1 is 1.40 bits per heavy atom. The molecule has 1 atom stereocenters. The standard InChI is InChI=1S/C19H25N3O2S/c1-3-15(24-16-7-5-4-6-13(16)2)18(23)22-19-21-12-17(25-19)14-8-10-20-11-9-14/h4-7,12,14-15,20H,3,8-11H2,1-2H3,(H,21,22,23). The first kappa shape index (κ1) is 17.9. The fourth-order valence-corrected chi connectivity index (χ4v) is 3.98. The summed E-state index contributed by atoms with van der Waals surface area (Å²) < 4.78 is 5.91. The number of aromatic nitrogens is 1. The first-order chi connectivity index (χ1) is 12.2. The molecule has 0 bridgehead atoms. The van der Waals surface area contributed by atoms with E-state index in [-0.39, 0.29) is 5.91 Å². The number of hydrogen-bond donors (Lipinski definition) is 2. The third kappa shape index (κ3) is 4.58. The molecule has 1 unspecified atom stereocenters. The minimum absolute atomic E-state index is 0.142. The summed E-state index contributed by atoms with van der Waals surface area (Å²) in [6.45, 7) is 6.02. The lowest BCUT2D eigenvalue weighted by Gasteiger charge is -2.20. The van der Waals surface area contributed by atoms with Gasteiger partial charge in [0.25, 0.3) is 5.91 Å². The Labute approximate surface area is 152 Å². The van der Waals surface area contributed by atoms with Gasteiger partial charge in [-0.15, -0.1) is 11.3 Å². The molecule has 5 nitrogen and oxygen atoms in total. The Morgan fingerprint density at radius 2 is 2.16 bits per heavy atom. The molecule has 1 aromatic heterocycles. The lowest BCUT2D eigenvalue weighted by Crippen LogP contribution is -2.32. The number of ether oxygens (including phenoxy) is 1. The summed E-state index contributed by atoms with van der Waals surface area (Å²) in [5.74, 6) is 1.16. The molecule has 2 N–H and O–H groups in total. The van der Waals surface area contributed by atoms with Crippen molar-refractivity contribution >= 4 is 22.4 Å². The minimum Gasteiger partial charge on any atom is -0.480 e. The van der Waals surface area contributed by atoms with Crippen molar-refractivity contribution in [3.63, 3.8) is 0 Å². The zero-order valence-electron chi connectivity index (χ0n) is 14.7. The number of amides is 1. The zero-order chi connectivity index (χ0) is 17.6. The predicted molar refractivity (Wildman–Crippen MR) is 101 cm³/mol. The number of carbonyl (C=O) groups excluding carboxylic acids is 1. The van der Waals surface area contributed by atoms with E-state index < -0.39 is 6.10 Å². The van der Waals surface area contributed by atoms with E-state index in [2.05, 4.69) is 15.6 Å². The summed E-state index contributed by atoms with van der Waals surface area (Å²) >= 11 is 1.58. The Kier molecular flexibility index (Phi) is 6.04. The fourth-order valence-electron chi connectivity index (χ4n) is 2.99. The summed E-state index contributed by atoms with van der Waals surface area (Å²) in [7, 11) is 0. The summed E-state index contributed by atoms with van der Waals surface area (Å²) in [4.78, 5) is 18.2. The number of benzene rings is 1. The molecule has 1 saturated heterocycles. The van der Waals surface area contributed by atoms with E-state index >= 15 is 0 Å². The molecule has 0 aliphatic carbocycles. The van der Waals surface area contributed by atoms with Gasteiger partial charge in [0.05, 0.1) is 0 Å². The molecular formula is C19H25N3O2S. The average Bonchev–Trinajstić information content (AvgIpc) is 3.10. The van der Waals surface area contributed by atoms with E-state index in [1.807, 2.05) is 44.3 Å². The van der Waals surface area contributed by atoms with Gasteiger partial charge in [-0.1, -0.05) is 25.1 Å². The number of thiazole rings is 1. The van der Waals surface area contributed by atoms with Crippen LogP contribution in [0.4, 0.5) is 5.13 Å². The second kappa shape index (κ2) is 8.45. The molecule has 25 heavy (non-hydrogen) atoms. The number of piperidine rings is 1. The topological polar surface area (TPSA) is 63.2 Å². The van der Waals surface area contributed by atoms with Gasteiger partial charge in [-0.3, -0.25) is 10.1 Å². The number of para-hydroxylation sites is 1. The number of anilines is 1. The van der Waals surface area contributed by atoms with E-state index in [0.29, 0.717) is 17.5 Å². The maximum absolute atomic E-state index is 12.6. The van der Waals surface area contributed by atoms with Crippen molar-refractivity contribution in [2.45, 2.75) is 45.1 Å². The Bertz CT molecular complexity index is 710. The van der Waals surface area contributed by atoms with Crippen LogP contribution < -0.4 is 15.4 Å². The third-order valence-corrected chi connectivity index (χ3v) is 5.60. The molecule has 2 heterocycles. The molecular weight excluding hydrogens is 334 g/mol. The second-order valence-corrected chi connectivity index (χ2v) is 7.42. The molecule has 134 valence electrons.